The number of nitrogens with one attached hydrogen (secondary N) is 1. The van der Waals surface area contributed by atoms with E-state index in [0.29, 0.717) is 11.6 Å². The largest absolute Gasteiger partial charge is 0.478 e. The molecule has 18 heavy (non-hydrogen) atoms. The number of aromatic amines is 1. The van der Waals surface area contributed by atoms with E-state index in [9.17, 15) is 4.79 Å². The molecular formula is C13H13N3O2. The van der Waals surface area contributed by atoms with Crippen LogP contribution in [0.3, 0.4) is 0 Å². The SMILES string of the molecule is O=C(O)c1cnc2nc(C3C4CCCC43)[nH]c2c1. The Kier molecular flexibility index (Phi) is 1.85. The summed E-state index contributed by atoms with van der Waals surface area (Å²) in [7, 11) is 0. The number of hydrogen-bond acceptors (Lipinski definition) is 3. The van der Waals surface area contributed by atoms with Gasteiger partial charge in [-0.2, -0.15) is 0 Å². The number of aromatic carboxylic acids is 1. The molecule has 0 saturated heterocycles. The number of carboxylic acids is 1. The summed E-state index contributed by atoms with van der Waals surface area (Å²) in [6, 6.07) is 1.61. The molecule has 0 spiro atoms. The summed E-state index contributed by atoms with van der Waals surface area (Å²) < 4.78 is 0. The molecule has 2 aromatic heterocycles. The predicted octanol–water partition coefficient (Wildman–Crippen LogP) is 2.17. The standard InChI is InChI=1S/C13H13N3O2/c17-13(18)6-4-9-11(14-5-6)16-12(15-9)10-7-2-1-3-8(7)10/h4-5,7-8,10H,1-3H2,(H,17,18)(H,14,15,16). The van der Waals surface area contributed by atoms with Crippen LogP contribution in [0.15, 0.2) is 12.3 Å². The lowest BCUT2D eigenvalue weighted by Gasteiger charge is -1.97. The highest BCUT2D eigenvalue weighted by atomic mass is 16.4. The normalized spacial score (nSPS) is 29.4. The fraction of sp³-hybridized carbons (Fsp3) is 0.462. The van der Waals surface area contributed by atoms with Crippen LogP contribution in [0.4, 0.5) is 0 Å². The molecule has 0 aromatic carbocycles. The smallest absolute Gasteiger partial charge is 0.337 e. The van der Waals surface area contributed by atoms with Gasteiger partial charge in [0, 0.05) is 12.1 Å². The zero-order chi connectivity index (χ0) is 12.3. The van der Waals surface area contributed by atoms with E-state index in [-0.39, 0.29) is 5.56 Å². The molecule has 2 saturated carbocycles. The molecule has 2 aliphatic rings. The number of fused-ring (bicyclic) bond motifs is 2. The Balaban J connectivity index is 1.73. The van der Waals surface area contributed by atoms with Crippen LogP contribution in [0.2, 0.25) is 0 Å². The van der Waals surface area contributed by atoms with Crippen LogP contribution >= 0.6 is 0 Å². The topological polar surface area (TPSA) is 78.9 Å². The first-order valence-corrected chi connectivity index (χ1v) is 6.33. The zero-order valence-corrected chi connectivity index (χ0v) is 9.76. The molecule has 4 rings (SSSR count). The molecule has 92 valence electrons. The van der Waals surface area contributed by atoms with E-state index in [0.717, 1.165) is 23.2 Å². The average Bonchev–Trinajstić information content (AvgIpc) is 2.78. The number of aromatic nitrogens is 3. The second-order valence-corrected chi connectivity index (χ2v) is 5.31. The monoisotopic (exact) mass is 243 g/mol. The Labute approximate surface area is 103 Å². The van der Waals surface area contributed by atoms with Crippen LogP contribution in [0, 0.1) is 11.8 Å². The summed E-state index contributed by atoms with van der Waals surface area (Å²) in [5, 5.41) is 8.93. The number of hydrogen-bond donors (Lipinski definition) is 2. The summed E-state index contributed by atoms with van der Waals surface area (Å²) in [4.78, 5) is 22.7. The predicted molar refractivity (Wildman–Crippen MR) is 64.4 cm³/mol. The third kappa shape index (κ3) is 1.30. The number of rotatable bonds is 2. The maximum Gasteiger partial charge on any atom is 0.337 e. The van der Waals surface area contributed by atoms with Crippen molar-refractivity contribution in [3.8, 4) is 0 Å². The maximum atomic E-state index is 10.9. The molecule has 5 nitrogen and oxygen atoms in total. The Morgan fingerprint density at radius 3 is 2.89 bits per heavy atom. The third-order valence-electron chi connectivity index (χ3n) is 4.32. The van der Waals surface area contributed by atoms with Gasteiger partial charge in [-0.05, 0) is 30.7 Å². The Morgan fingerprint density at radius 1 is 1.39 bits per heavy atom. The molecule has 0 aliphatic heterocycles. The van der Waals surface area contributed by atoms with Crippen LogP contribution < -0.4 is 0 Å². The van der Waals surface area contributed by atoms with Gasteiger partial charge in [-0.1, -0.05) is 6.42 Å². The summed E-state index contributed by atoms with van der Waals surface area (Å²) in [5.41, 5.74) is 1.56. The number of H-pyrrole nitrogens is 1. The van der Waals surface area contributed by atoms with Crippen LogP contribution in [-0.4, -0.2) is 26.0 Å². The van der Waals surface area contributed by atoms with Crippen molar-refractivity contribution < 1.29 is 9.90 Å². The molecule has 5 heteroatoms. The molecule has 0 radical (unpaired) electrons. The van der Waals surface area contributed by atoms with Gasteiger partial charge < -0.3 is 10.1 Å². The van der Waals surface area contributed by atoms with Crippen LogP contribution in [-0.2, 0) is 0 Å². The molecule has 2 fully saturated rings. The van der Waals surface area contributed by atoms with Gasteiger partial charge in [-0.15, -0.1) is 0 Å². The second-order valence-electron chi connectivity index (χ2n) is 5.31. The van der Waals surface area contributed by atoms with Crippen molar-refractivity contribution in [2.45, 2.75) is 25.2 Å². The maximum absolute atomic E-state index is 10.9. The summed E-state index contributed by atoms with van der Waals surface area (Å²) >= 11 is 0. The summed E-state index contributed by atoms with van der Waals surface area (Å²) in [5.74, 6) is 2.19. The number of pyridine rings is 1. The second kappa shape index (κ2) is 3.31. The van der Waals surface area contributed by atoms with Crippen molar-refractivity contribution in [1.29, 1.82) is 0 Å². The minimum Gasteiger partial charge on any atom is -0.478 e. The quantitative estimate of drug-likeness (QED) is 0.847. The fourth-order valence-corrected chi connectivity index (χ4v) is 3.42. The Bertz CT molecular complexity index is 639. The van der Waals surface area contributed by atoms with Gasteiger partial charge in [0.15, 0.2) is 5.65 Å². The van der Waals surface area contributed by atoms with Crippen LogP contribution in [0.1, 0.15) is 41.4 Å². The van der Waals surface area contributed by atoms with Gasteiger partial charge in [-0.3, -0.25) is 0 Å². The first-order chi connectivity index (χ1) is 8.74. The van der Waals surface area contributed by atoms with Gasteiger partial charge >= 0.3 is 5.97 Å². The number of carbonyl (C=O) groups is 1. The molecule has 0 amide bonds. The molecule has 2 N–H and O–H groups in total. The molecule has 2 aliphatic carbocycles. The summed E-state index contributed by atoms with van der Waals surface area (Å²) in [6.07, 6.45) is 5.32. The highest BCUT2D eigenvalue weighted by Crippen LogP contribution is 2.62. The van der Waals surface area contributed by atoms with E-state index < -0.39 is 5.97 Å². The molecular weight excluding hydrogens is 230 g/mol. The number of nitrogens with zero attached hydrogens (tertiary/aromatic N) is 2. The lowest BCUT2D eigenvalue weighted by atomic mass is 10.1. The number of imidazole rings is 1. The van der Waals surface area contributed by atoms with E-state index in [1.807, 2.05) is 0 Å². The molecule has 0 bridgehead atoms. The molecule has 2 atom stereocenters. The van der Waals surface area contributed by atoms with E-state index in [1.54, 1.807) is 6.07 Å². The van der Waals surface area contributed by atoms with E-state index >= 15 is 0 Å². The fourth-order valence-electron chi connectivity index (χ4n) is 3.42. The van der Waals surface area contributed by atoms with E-state index in [4.69, 9.17) is 5.11 Å². The first-order valence-electron chi connectivity index (χ1n) is 6.33. The van der Waals surface area contributed by atoms with Gasteiger partial charge in [0.1, 0.15) is 5.82 Å². The molecule has 2 aromatic rings. The van der Waals surface area contributed by atoms with Crippen molar-refractivity contribution in [2.24, 2.45) is 11.8 Å². The molecule has 2 heterocycles. The average molecular weight is 243 g/mol. The lowest BCUT2D eigenvalue weighted by Crippen LogP contribution is -1.96. The highest BCUT2D eigenvalue weighted by Gasteiger charge is 2.54. The first kappa shape index (κ1) is 10.1. The molecule has 2 unspecified atom stereocenters. The van der Waals surface area contributed by atoms with Crippen molar-refractivity contribution in [3.63, 3.8) is 0 Å². The Morgan fingerprint density at radius 2 is 2.17 bits per heavy atom. The van der Waals surface area contributed by atoms with E-state index in [2.05, 4.69) is 15.0 Å². The van der Waals surface area contributed by atoms with Gasteiger partial charge in [0.25, 0.3) is 0 Å². The number of carboxylic acid groups (broad SMARTS) is 1. The van der Waals surface area contributed by atoms with Crippen LogP contribution in [0.25, 0.3) is 11.2 Å². The van der Waals surface area contributed by atoms with Crippen molar-refractivity contribution >= 4 is 17.1 Å². The van der Waals surface area contributed by atoms with Crippen molar-refractivity contribution in [3.05, 3.63) is 23.7 Å². The van der Waals surface area contributed by atoms with Gasteiger partial charge in [0.2, 0.25) is 0 Å². The van der Waals surface area contributed by atoms with Crippen molar-refractivity contribution in [2.75, 3.05) is 0 Å². The van der Waals surface area contributed by atoms with Gasteiger partial charge in [0.05, 0.1) is 11.1 Å². The lowest BCUT2D eigenvalue weighted by molar-refractivity contribution is 0.0696. The van der Waals surface area contributed by atoms with Gasteiger partial charge in [-0.25, -0.2) is 14.8 Å². The van der Waals surface area contributed by atoms with E-state index in [1.165, 1.54) is 25.5 Å². The zero-order valence-electron chi connectivity index (χ0n) is 9.76. The van der Waals surface area contributed by atoms with Crippen molar-refractivity contribution in [1.82, 2.24) is 15.0 Å². The summed E-state index contributed by atoms with van der Waals surface area (Å²) in [6.45, 7) is 0. The third-order valence-corrected chi connectivity index (χ3v) is 4.32. The Hall–Kier alpha value is -1.91. The minimum atomic E-state index is -0.955. The minimum absolute atomic E-state index is 0.202. The highest BCUT2D eigenvalue weighted by molar-refractivity contribution is 5.90. The van der Waals surface area contributed by atoms with Crippen LogP contribution in [0.5, 0.6) is 0 Å².